The van der Waals surface area contributed by atoms with Crippen molar-refractivity contribution < 1.29 is 22.9 Å². The maximum atomic E-state index is 15.4. The van der Waals surface area contributed by atoms with Crippen molar-refractivity contribution in [2.75, 3.05) is 18.9 Å². The summed E-state index contributed by atoms with van der Waals surface area (Å²) in [5.41, 5.74) is 1.59. The van der Waals surface area contributed by atoms with Crippen molar-refractivity contribution in [3.63, 3.8) is 0 Å². The molecule has 1 unspecified atom stereocenters. The van der Waals surface area contributed by atoms with E-state index in [4.69, 9.17) is 4.74 Å². The van der Waals surface area contributed by atoms with E-state index < -0.39 is 41.5 Å². The molecular weight excluding hydrogens is 422 g/mol. The first-order valence-corrected chi connectivity index (χ1v) is 11.8. The molecule has 8 heteroatoms. The highest BCUT2D eigenvalue weighted by atomic mass is 32.2. The highest BCUT2D eigenvalue weighted by Crippen LogP contribution is 2.31. The van der Waals surface area contributed by atoms with Gasteiger partial charge in [-0.25, -0.2) is 8.78 Å². The van der Waals surface area contributed by atoms with Crippen LogP contribution < -0.4 is 4.72 Å². The summed E-state index contributed by atoms with van der Waals surface area (Å²) >= 11 is -1.44. The Morgan fingerprint density at radius 2 is 2.00 bits per heavy atom. The van der Waals surface area contributed by atoms with Gasteiger partial charge in [0, 0.05) is 23.3 Å². The number of hydrogen-bond acceptors (Lipinski definition) is 4. The quantitative estimate of drug-likeness (QED) is 0.662. The lowest BCUT2D eigenvalue weighted by atomic mass is 9.95. The van der Waals surface area contributed by atoms with Crippen LogP contribution in [0.15, 0.2) is 48.5 Å². The van der Waals surface area contributed by atoms with Crippen LogP contribution in [0.3, 0.4) is 0 Å². The molecule has 1 N–H and O–H groups in total. The maximum absolute atomic E-state index is 15.4. The van der Waals surface area contributed by atoms with E-state index in [1.54, 1.807) is 25.1 Å². The number of nitrogens with one attached hydrogen (secondary N) is 1. The normalized spacial score (nSPS) is 26.5. The first kappa shape index (κ1) is 22.2. The molecule has 2 heterocycles. The molecule has 5 nitrogen and oxygen atoms in total. The van der Waals surface area contributed by atoms with Gasteiger partial charge < -0.3 is 14.2 Å². The van der Waals surface area contributed by atoms with Crippen molar-refractivity contribution >= 4 is 17.3 Å². The molecule has 2 aromatic carbocycles. The van der Waals surface area contributed by atoms with E-state index in [0.29, 0.717) is 29.9 Å². The summed E-state index contributed by atoms with van der Waals surface area (Å²) in [4.78, 5) is 14.3. The molecule has 166 valence electrons. The van der Waals surface area contributed by atoms with Gasteiger partial charge in [0.25, 0.3) is 5.91 Å². The Balaban J connectivity index is 1.64. The van der Waals surface area contributed by atoms with Crippen molar-refractivity contribution in [1.82, 2.24) is 9.62 Å². The number of alkyl halides is 1. The molecule has 0 radical (unpaired) electrons. The molecule has 0 aliphatic carbocycles. The Morgan fingerprint density at radius 1 is 1.26 bits per heavy atom. The van der Waals surface area contributed by atoms with Gasteiger partial charge in [0.1, 0.15) is 29.9 Å². The second-order valence-corrected chi connectivity index (χ2v) is 9.35. The van der Waals surface area contributed by atoms with Gasteiger partial charge in [-0.05, 0) is 24.5 Å². The number of amides is 1. The lowest BCUT2D eigenvalue weighted by Gasteiger charge is -2.34. The number of carbonyl (C=O) groups is 1. The number of hydrogen-bond donors (Lipinski definition) is 1. The van der Waals surface area contributed by atoms with Crippen molar-refractivity contribution in [3.05, 3.63) is 59.9 Å². The van der Waals surface area contributed by atoms with E-state index in [1.165, 1.54) is 4.90 Å². The van der Waals surface area contributed by atoms with Crippen LogP contribution in [0.4, 0.5) is 8.78 Å². The van der Waals surface area contributed by atoms with Crippen LogP contribution in [0, 0.1) is 5.82 Å². The predicted octanol–water partition coefficient (Wildman–Crippen LogP) is 3.01. The fraction of sp³-hybridized carbons (Fsp3) is 0.435. The second kappa shape index (κ2) is 9.65. The lowest BCUT2D eigenvalue weighted by Crippen LogP contribution is -2.53. The predicted molar refractivity (Wildman–Crippen MR) is 116 cm³/mol. The fourth-order valence-electron chi connectivity index (χ4n) is 4.17. The number of likely N-dealkylation sites (tertiary alicyclic amines) is 1. The smallest absolute Gasteiger partial charge is 0.252 e. The Morgan fingerprint density at radius 3 is 2.65 bits per heavy atom. The molecule has 0 saturated carbocycles. The molecule has 5 atom stereocenters. The van der Waals surface area contributed by atoms with Gasteiger partial charge in [-0.1, -0.05) is 48.5 Å². The highest BCUT2D eigenvalue weighted by Gasteiger charge is 2.48. The zero-order valence-corrected chi connectivity index (χ0v) is 18.1. The van der Waals surface area contributed by atoms with Crippen molar-refractivity contribution in [3.8, 4) is 11.1 Å². The van der Waals surface area contributed by atoms with Crippen LogP contribution in [-0.4, -0.2) is 58.6 Å². The van der Waals surface area contributed by atoms with Crippen molar-refractivity contribution in [2.24, 2.45) is 0 Å². The zero-order chi connectivity index (χ0) is 22.0. The number of halogens is 2. The highest BCUT2D eigenvalue weighted by molar-refractivity contribution is 7.89. The maximum Gasteiger partial charge on any atom is 0.252 e. The van der Waals surface area contributed by atoms with Crippen LogP contribution >= 0.6 is 0 Å². The standard InChI is InChI=1S/C23H26F2N2O3S/c1-2-31(29)26-22-18(24)14-27(23(28)20-11-12-30-20)19(22)13-16-9-6-10-17(21(16)25)15-7-4-3-5-8-15/h3-10,18-20,22,26H,2,11-14H2,1H3/t18-,19-,20+,22-,31?/m0/s1. The summed E-state index contributed by atoms with van der Waals surface area (Å²) in [5, 5.41) is 0. The molecule has 2 aliphatic heterocycles. The number of nitrogens with zero attached hydrogens (tertiary/aromatic N) is 1. The summed E-state index contributed by atoms with van der Waals surface area (Å²) in [6.07, 6.45) is -1.27. The van der Waals surface area contributed by atoms with Crippen LogP contribution in [0.25, 0.3) is 11.1 Å². The first-order chi connectivity index (χ1) is 15.0. The average molecular weight is 449 g/mol. The number of carbonyl (C=O) groups excluding carboxylic acids is 1. The van der Waals surface area contributed by atoms with E-state index in [-0.39, 0.29) is 18.9 Å². The molecule has 2 aromatic rings. The van der Waals surface area contributed by atoms with Crippen LogP contribution in [-0.2, 0) is 27.3 Å². The molecule has 0 spiro atoms. The van der Waals surface area contributed by atoms with Gasteiger partial charge in [-0.2, -0.15) is 0 Å². The molecule has 2 fully saturated rings. The van der Waals surface area contributed by atoms with Gasteiger partial charge in [0.15, 0.2) is 0 Å². The van der Waals surface area contributed by atoms with Crippen LogP contribution in [0.2, 0.25) is 0 Å². The molecule has 1 amide bonds. The third-order valence-corrected chi connectivity index (χ3v) is 7.01. The van der Waals surface area contributed by atoms with E-state index >= 15 is 4.39 Å². The van der Waals surface area contributed by atoms with E-state index in [1.807, 2.05) is 30.3 Å². The third kappa shape index (κ3) is 4.62. The Labute approximate surface area is 184 Å². The summed E-state index contributed by atoms with van der Waals surface area (Å²) < 4.78 is 50.6. The van der Waals surface area contributed by atoms with Crippen molar-refractivity contribution in [2.45, 2.75) is 44.1 Å². The van der Waals surface area contributed by atoms with Gasteiger partial charge in [0.2, 0.25) is 0 Å². The second-order valence-electron chi connectivity index (χ2n) is 7.85. The van der Waals surface area contributed by atoms with E-state index in [0.717, 1.165) is 5.56 Å². The minimum Gasteiger partial charge on any atom is -0.598 e. The Bertz CT molecular complexity index is 913. The molecule has 4 rings (SSSR count). The third-order valence-electron chi connectivity index (χ3n) is 5.96. The largest absolute Gasteiger partial charge is 0.598 e. The molecular formula is C23H26F2N2O3S. The number of ether oxygens (including phenoxy) is 1. The monoisotopic (exact) mass is 448 g/mol. The topological polar surface area (TPSA) is 64.6 Å². The summed E-state index contributed by atoms with van der Waals surface area (Å²) in [7, 11) is 0. The molecule has 0 bridgehead atoms. The lowest BCUT2D eigenvalue weighted by molar-refractivity contribution is -0.157. The zero-order valence-electron chi connectivity index (χ0n) is 17.3. The number of rotatable bonds is 7. The SMILES string of the molecule is CC[S+]([O-])N[C@H]1[C@@H](F)CN(C(=O)[C@H]2CCO2)[C@H]1Cc1cccc(-c2ccccc2)c1F. The minimum absolute atomic E-state index is 0.115. The van der Waals surface area contributed by atoms with Crippen molar-refractivity contribution in [1.29, 1.82) is 0 Å². The Hall–Kier alpha value is -2.00. The molecule has 31 heavy (non-hydrogen) atoms. The van der Waals surface area contributed by atoms with E-state index in [2.05, 4.69) is 4.72 Å². The van der Waals surface area contributed by atoms with Gasteiger partial charge >= 0.3 is 0 Å². The van der Waals surface area contributed by atoms with Crippen LogP contribution in [0.5, 0.6) is 0 Å². The van der Waals surface area contributed by atoms with E-state index in [9.17, 15) is 13.7 Å². The fourth-order valence-corrected chi connectivity index (χ4v) is 4.94. The van der Waals surface area contributed by atoms with Gasteiger partial charge in [-0.3, -0.25) is 4.79 Å². The minimum atomic E-state index is -1.44. The Kier molecular flexibility index (Phi) is 6.91. The van der Waals surface area contributed by atoms with Gasteiger partial charge in [0.05, 0.1) is 19.2 Å². The molecule has 2 saturated heterocycles. The van der Waals surface area contributed by atoms with Gasteiger partial charge in [-0.15, -0.1) is 4.72 Å². The number of benzene rings is 2. The average Bonchev–Trinajstić information content (AvgIpc) is 3.04. The molecule has 0 aromatic heterocycles. The first-order valence-electron chi connectivity index (χ1n) is 10.5. The summed E-state index contributed by atoms with van der Waals surface area (Å²) in [5.74, 6) is -0.364. The summed E-state index contributed by atoms with van der Waals surface area (Å²) in [6, 6.07) is 12.8. The summed E-state index contributed by atoms with van der Waals surface area (Å²) in [6.45, 7) is 2.11. The molecule has 2 aliphatic rings. The van der Waals surface area contributed by atoms with Crippen LogP contribution in [0.1, 0.15) is 18.9 Å².